The number of rotatable bonds is 7. The van der Waals surface area contributed by atoms with Crippen LogP contribution < -0.4 is 10.6 Å². The molecule has 1 fully saturated rings. The zero-order chi connectivity index (χ0) is 17.3. The fourth-order valence-electron chi connectivity index (χ4n) is 3.20. The van der Waals surface area contributed by atoms with Gasteiger partial charge in [-0.3, -0.25) is 4.98 Å². The molecule has 1 aromatic carbocycles. The Morgan fingerprint density at radius 1 is 1.12 bits per heavy atom. The molecule has 0 unspecified atom stereocenters. The van der Waals surface area contributed by atoms with Gasteiger partial charge in [0, 0.05) is 38.6 Å². The van der Waals surface area contributed by atoms with Crippen molar-refractivity contribution in [1.29, 1.82) is 0 Å². The average Bonchev–Trinajstić information content (AvgIpc) is 3.13. The summed E-state index contributed by atoms with van der Waals surface area (Å²) >= 11 is 0. The molecule has 2 aromatic rings. The number of amides is 2. The first-order chi connectivity index (χ1) is 12.3. The van der Waals surface area contributed by atoms with Crippen molar-refractivity contribution in [2.24, 2.45) is 5.92 Å². The van der Waals surface area contributed by atoms with Crippen molar-refractivity contribution < 1.29 is 4.79 Å². The quantitative estimate of drug-likeness (QED) is 0.815. The number of carbonyl (C=O) groups excluding carboxylic acids is 1. The van der Waals surface area contributed by atoms with Crippen LogP contribution in [0.4, 0.5) is 4.79 Å². The SMILES string of the molecule is O=C(NCc1cccnc1)NC[C@@H]1CCN(CCc2ccccc2)C1. The molecule has 132 valence electrons. The lowest BCUT2D eigenvalue weighted by Gasteiger charge is -2.16. The predicted octanol–water partition coefficient (Wildman–Crippen LogP) is 2.45. The summed E-state index contributed by atoms with van der Waals surface area (Å²) in [5, 5.41) is 5.87. The van der Waals surface area contributed by atoms with E-state index in [1.54, 1.807) is 12.4 Å². The molecule has 3 rings (SSSR count). The highest BCUT2D eigenvalue weighted by Gasteiger charge is 2.22. The molecule has 5 heteroatoms. The Labute approximate surface area is 149 Å². The molecule has 2 heterocycles. The number of hydrogen-bond donors (Lipinski definition) is 2. The molecule has 1 atom stereocenters. The lowest BCUT2D eigenvalue weighted by atomic mass is 10.1. The van der Waals surface area contributed by atoms with E-state index in [-0.39, 0.29) is 6.03 Å². The Kier molecular flexibility index (Phi) is 6.40. The third-order valence-electron chi connectivity index (χ3n) is 4.66. The van der Waals surface area contributed by atoms with Crippen molar-refractivity contribution in [1.82, 2.24) is 20.5 Å². The van der Waals surface area contributed by atoms with E-state index >= 15 is 0 Å². The highest BCUT2D eigenvalue weighted by atomic mass is 16.2. The van der Waals surface area contributed by atoms with Crippen LogP contribution in [-0.2, 0) is 13.0 Å². The number of urea groups is 1. The minimum Gasteiger partial charge on any atom is -0.338 e. The first-order valence-electron chi connectivity index (χ1n) is 8.96. The highest BCUT2D eigenvalue weighted by molar-refractivity contribution is 5.73. The average molecular weight is 338 g/mol. The maximum Gasteiger partial charge on any atom is 0.315 e. The molecule has 0 saturated carbocycles. The second-order valence-electron chi connectivity index (χ2n) is 6.62. The van der Waals surface area contributed by atoms with E-state index in [2.05, 4.69) is 50.8 Å². The highest BCUT2D eigenvalue weighted by Crippen LogP contribution is 2.15. The van der Waals surface area contributed by atoms with Crippen LogP contribution in [0, 0.1) is 5.92 Å². The summed E-state index contributed by atoms with van der Waals surface area (Å²) in [6.07, 6.45) is 5.74. The van der Waals surface area contributed by atoms with E-state index in [0.29, 0.717) is 12.5 Å². The van der Waals surface area contributed by atoms with Crippen LogP contribution in [0.1, 0.15) is 17.5 Å². The maximum atomic E-state index is 11.9. The van der Waals surface area contributed by atoms with Gasteiger partial charge in [0.25, 0.3) is 0 Å². The molecular formula is C20H26N4O. The molecule has 1 aromatic heterocycles. The van der Waals surface area contributed by atoms with Gasteiger partial charge in [0.1, 0.15) is 0 Å². The van der Waals surface area contributed by atoms with E-state index in [1.165, 1.54) is 5.56 Å². The van der Waals surface area contributed by atoms with E-state index in [4.69, 9.17) is 0 Å². The number of hydrogen-bond acceptors (Lipinski definition) is 3. The summed E-state index contributed by atoms with van der Waals surface area (Å²) in [7, 11) is 0. The fourth-order valence-corrected chi connectivity index (χ4v) is 3.20. The smallest absolute Gasteiger partial charge is 0.315 e. The molecule has 1 aliphatic heterocycles. The van der Waals surface area contributed by atoms with E-state index < -0.39 is 0 Å². The molecule has 0 radical (unpaired) electrons. The van der Waals surface area contributed by atoms with Gasteiger partial charge >= 0.3 is 6.03 Å². The number of likely N-dealkylation sites (tertiary alicyclic amines) is 1. The predicted molar refractivity (Wildman–Crippen MR) is 99.2 cm³/mol. The third kappa shape index (κ3) is 5.87. The molecule has 0 spiro atoms. The summed E-state index contributed by atoms with van der Waals surface area (Å²) < 4.78 is 0. The number of pyridine rings is 1. The number of nitrogens with one attached hydrogen (secondary N) is 2. The second kappa shape index (κ2) is 9.18. The summed E-state index contributed by atoms with van der Waals surface area (Å²) in [6.45, 7) is 4.52. The molecule has 0 bridgehead atoms. The zero-order valence-electron chi connectivity index (χ0n) is 14.5. The normalized spacial score (nSPS) is 17.4. The Morgan fingerprint density at radius 3 is 2.76 bits per heavy atom. The zero-order valence-corrected chi connectivity index (χ0v) is 14.5. The largest absolute Gasteiger partial charge is 0.338 e. The van der Waals surface area contributed by atoms with Gasteiger partial charge in [0.15, 0.2) is 0 Å². The first-order valence-corrected chi connectivity index (χ1v) is 8.96. The van der Waals surface area contributed by atoms with E-state index in [9.17, 15) is 4.79 Å². The van der Waals surface area contributed by atoms with Crippen LogP contribution in [0.15, 0.2) is 54.9 Å². The van der Waals surface area contributed by atoms with Gasteiger partial charge < -0.3 is 15.5 Å². The molecule has 5 nitrogen and oxygen atoms in total. The van der Waals surface area contributed by atoms with Gasteiger partial charge in [-0.25, -0.2) is 4.79 Å². The van der Waals surface area contributed by atoms with Gasteiger partial charge in [-0.05, 0) is 42.5 Å². The fraction of sp³-hybridized carbons (Fsp3) is 0.400. The Balaban J connectivity index is 1.31. The number of carbonyl (C=O) groups is 1. The monoisotopic (exact) mass is 338 g/mol. The Hall–Kier alpha value is -2.40. The van der Waals surface area contributed by atoms with Crippen LogP contribution in [0.25, 0.3) is 0 Å². The summed E-state index contributed by atoms with van der Waals surface area (Å²) in [5.41, 5.74) is 2.39. The van der Waals surface area contributed by atoms with Gasteiger partial charge in [0.05, 0.1) is 0 Å². The molecule has 0 aliphatic carbocycles. The maximum absolute atomic E-state index is 11.9. The molecule has 1 saturated heterocycles. The molecule has 2 N–H and O–H groups in total. The number of benzene rings is 1. The van der Waals surface area contributed by atoms with Gasteiger partial charge in [-0.2, -0.15) is 0 Å². The third-order valence-corrected chi connectivity index (χ3v) is 4.66. The van der Waals surface area contributed by atoms with Gasteiger partial charge in [-0.1, -0.05) is 36.4 Å². The van der Waals surface area contributed by atoms with Crippen LogP contribution in [0.5, 0.6) is 0 Å². The minimum atomic E-state index is -0.105. The van der Waals surface area contributed by atoms with E-state index in [1.807, 2.05) is 12.1 Å². The summed E-state index contributed by atoms with van der Waals surface area (Å²) in [5.74, 6) is 0.542. The van der Waals surface area contributed by atoms with Crippen LogP contribution in [0.3, 0.4) is 0 Å². The standard InChI is InChI=1S/C20H26N4O/c25-20(22-14-18-7-4-10-21-13-18)23-15-19-9-12-24(16-19)11-8-17-5-2-1-3-6-17/h1-7,10,13,19H,8-9,11-12,14-16H2,(H2,22,23,25)/t19-/m0/s1. The van der Waals surface area contributed by atoms with Crippen molar-refractivity contribution >= 4 is 6.03 Å². The summed E-state index contributed by atoms with van der Waals surface area (Å²) in [6, 6.07) is 14.3. The number of nitrogens with zero attached hydrogens (tertiary/aromatic N) is 2. The van der Waals surface area contributed by atoms with Crippen molar-refractivity contribution in [2.75, 3.05) is 26.2 Å². The molecule has 2 amide bonds. The lowest BCUT2D eigenvalue weighted by molar-refractivity contribution is 0.238. The Morgan fingerprint density at radius 2 is 1.96 bits per heavy atom. The van der Waals surface area contributed by atoms with Crippen molar-refractivity contribution in [3.63, 3.8) is 0 Å². The lowest BCUT2D eigenvalue weighted by Crippen LogP contribution is -2.38. The van der Waals surface area contributed by atoms with Crippen LogP contribution >= 0.6 is 0 Å². The number of aromatic nitrogens is 1. The molecular weight excluding hydrogens is 312 g/mol. The Bertz CT molecular complexity index is 647. The van der Waals surface area contributed by atoms with E-state index in [0.717, 1.165) is 44.6 Å². The minimum absolute atomic E-state index is 0.105. The first kappa shape index (κ1) is 17.4. The summed E-state index contributed by atoms with van der Waals surface area (Å²) in [4.78, 5) is 18.4. The van der Waals surface area contributed by atoms with Crippen LogP contribution in [-0.4, -0.2) is 42.1 Å². The van der Waals surface area contributed by atoms with Crippen LogP contribution in [0.2, 0.25) is 0 Å². The molecule has 25 heavy (non-hydrogen) atoms. The van der Waals surface area contributed by atoms with Crippen molar-refractivity contribution in [2.45, 2.75) is 19.4 Å². The van der Waals surface area contributed by atoms with Gasteiger partial charge in [-0.15, -0.1) is 0 Å². The second-order valence-corrected chi connectivity index (χ2v) is 6.62. The van der Waals surface area contributed by atoms with Crippen molar-refractivity contribution in [3.8, 4) is 0 Å². The van der Waals surface area contributed by atoms with Crippen molar-refractivity contribution in [3.05, 3.63) is 66.0 Å². The topological polar surface area (TPSA) is 57.3 Å². The molecule has 1 aliphatic rings. The van der Waals surface area contributed by atoms with Gasteiger partial charge in [0.2, 0.25) is 0 Å².